The van der Waals surface area contributed by atoms with E-state index in [0.29, 0.717) is 27.7 Å². The van der Waals surface area contributed by atoms with Crippen molar-refractivity contribution in [1.29, 1.82) is 0 Å². The van der Waals surface area contributed by atoms with Crippen LogP contribution in [0.1, 0.15) is 17.5 Å². The molecule has 0 saturated carbocycles. The maximum atomic E-state index is 12.6. The van der Waals surface area contributed by atoms with Crippen LogP contribution in [0.4, 0.5) is 5.13 Å². The third kappa shape index (κ3) is 4.63. The SMILES string of the molecule is C=CCn1c(S[C@@H](C)C(=O)Nc2nc(C)c(C)s2)nnc1-c1ccc(Cl)cc1. The molecule has 0 aliphatic carbocycles. The van der Waals surface area contributed by atoms with Crippen molar-refractivity contribution in [3.05, 3.63) is 52.5 Å². The minimum absolute atomic E-state index is 0.125. The van der Waals surface area contributed by atoms with Crippen molar-refractivity contribution >= 4 is 45.7 Å². The summed E-state index contributed by atoms with van der Waals surface area (Å²) in [5.74, 6) is 0.581. The number of benzene rings is 1. The molecule has 1 amide bonds. The number of rotatable bonds is 7. The van der Waals surface area contributed by atoms with E-state index in [0.717, 1.165) is 16.1 Å². The highest BCUT2D eigenvalue weighted by Crippen LogP contribution is 2.29. The molecular weight excluding hydrogens is 414 g/mol. The van der Waals surface area contributed by atoms with Crippen LogP contribution in [-0.4, -0.2) is 30.9 Å². The summed E-state index contributed by atoms with van der Waals surface area (Å²) in [5.41, 5.74) is 1.83. The first-order valence-corrected chi connectivity index (χ1v) is 10.7. The van der Waals surface area contributed by atoms with E-state index in [4.69, 9.17) is 11.6 Å². The van der Waals surface area contributed by atoms with Crippen LogP contribution >= 0.6 is 34.7 Å². The van der Waals surface area contributed by atoms with E-state index in [1.807, 2.05) is 49.6 Å². The predicted octanol–water partition coefficient (Wildman–Crippen LogP) is 4.98. The van der Waals surface area contributed by atoms with Gasteiger partial charge in [0.25, 0.3) is 0 Å². The summed E-state index contributed by atoms with van der Waals surface area (Å²) < 4.78 is 1.93. The van der Waals surface area contributed by atoms with Gasteiger partial charge in [0.05, 0.1) is 10.9 Å². The van der Waals surface area contributed by atoms with Crippen molar-refractivity contribution < 1.29 is 4.79 Å². The van der Waals surface area contributed by atoms with E-state index >= 15 is 0 Å². The third-order valence-corrected chi connectivity index (χ3v) is 6.36. The van der Waals surface area contributed by atoms with Crippen molar-refractivity contribution in [2.45, 2.75) is 37.7 Å². The zero-order chi connectivity index (χ0) is 20.3. The molecule has 0 aliphatic rings. The Bertz CT molecular complexity index is 977. The van der Waals surface area contributed by atoms with Gasteiger partial charge in [-0.1, -0.05) is 29.4 Å². The Morgan fingerprint density at radius 2 is 2.07 bits per heavy atom. The van der Waals surface area contributed by atoms with Gasteiger partial charge in [-0.2, -0.15) is 0 Å². The lowest BCUT2D eigenvalue weighted by Gasteiger charge is -2.12. The molecule has 0 aliphatic heterocycles. The van der Waals surface area contributed by atoms with Crippen molar-refractivity contribution in [3.8, 4) is 11.4 Å². The monoisotopic (exact) mass is 433 g/mol. The lowest BCUT2D eigenvalue weighted by Crippen LogP contribution is -2.22. The van der Waals surface area contributed by atoms with Crippen LogP contribution in [0.5, 0.6) is 0 Å². The minimum atomic E-state index is -0.365. The van der Waals surface area contributed by atoms with Crippen LogP contribution in [-0.2, 0) is 11.3 Å². The molecule has 0 spiro atoms. The first-order chi connectivity index (χ1) is 13.4. The van der Waals surface area contributed by atoms with Gasteiger partial charge >= 0.3 is 0 Å². The maximum Gasteiger partial charge on any atom is 0.239 e. The topological polar surface area (TPSA) is 72.7 Å². The van der Waals surface area contributed by atoms with Gasteiger partial charge in [0.15, 0.2) is 16.1 Å². The van der Waals surface area contributed by atoms with Crippen molar-refractivity contribution in [3.63, 3.8) is 0 Å². The molecule has 3 rings (SSSR count). The summed E-state index contributed by atoms with van der Waals surface area (Å²) in [7, 11) is 0. The Kier molecular flexibility index (Phi) is 6.53. The number of hydrogen-bond donors (Lipinski definition) is 1. The number of anilines is 1. The molecule has 1 N–H and O–H groups in total. The molecule has 1 atom stereocenters. The Labute approximate surface area is 177 Å². The zero-order valence-corrected chi connectivity index (χ0v) is 18.2. The molecule has 6 nitrogen and oxygen atoms in total. The number of thioether (sulfide) groups is 1. The Morgan fingerprint density at radius 3 is 2.68 bits per heavy atom. The van der Waals surface area contributed by atoms with Gasteiger partial charge in [-0.25, -0.2) is 4.98 Å². The van der Waals surface area contributed by atoms with Crippen LogP contribution < -0.4 is 5.32 Å². The number of hydrogen-bond acceptors (Lipinski definition) is 6. The second kappa shape index (κ2) is 8.89. The number of aryl methyl sites for hydroxylation is 2. The number of thiazole rings is 1. The van der Waals surface area contributed by atoms with E-state index in [1.165, 1.54) is 23.1 Å². The van der Waals surface area contributed by atoms with Crippen molar-refractivity contribution in [2.75, 3.05) is 5.32 Å². The van der Waals surface area contributed by atoms with Gasteiger partial charge < -0.3 is 5.32 Å². The van der Waals surface area contributed by atoms with E-state index in [-0.39, 0.29) is 11.2 Å². The molecule has 9 heteroatoms. The fraction of sp³-hybridized carbons (Fsp3) is 0.263. The van der Waals surface area contributed by atoms with Gasteiger partial charge in [0.1, 0.15) is 0 Å². The normalized spacial score (nSPS) is 12.0. The number of halogens is 1. The second-order valence-electron chi connectivity index (χ2n) is 6.12. The highest BCUT2D eigenvalue weighted by atomic mass is 35.5. The second-order valence-corrected chi connectivity index (χ2v) is 9.07. The van der Waals surface area contributed by atoms with Gasteiger partial charge in [-0.15, -0.1) is 28.1 Å². The number of amides is 1. The van der Waals surface area contributed by atoms with Crippen LogP contribution in [0.2, 0.25) is 5.02 Å². The van der Waals surface area contributed by atoms with Crippen LogP contribution in [0, 0.1) is 13.8 Å². The fourth-order valence-corrected chi connectivity index (χ4v) is 4.23. The molecule has 146 valence electrons. The van der Waals surface area contributed by atoms with Crippen LogP contribution in [0.3, 0.4) is 0 Å². The number of aromatic nitrogens is 4. The molecule has 1 aromatic carbocycles. The van der Waals surface area contributed by atoms with Gasteiger partial charge in [0, 0.05) is 22.0 Å². The maximum absolute atomic E-state index is 12.6. The summed E-state index contributed by atoms with van der Waals surface area (Å²) in [4.78, 5) is 18.0. The highest BCUT2D eigenvalue weighted by molar-refractivity contribution is 8.00. The average Bonchev–Trinajstić information content (AvgIpc) is 3.19. The summed E-state index contributed by atoms with van der Waals surface area (Å²) in [6.45, 7) is 10.1. The molecule has 28 heavy (non-hydrogen) atoms. The molecular formula is C19H20ClN5OS2. The molecule has 2 aromatic heterocycles. The third-order valence-electron chi connectivity index (χ3n) is 4.04. The first-order valence-electron chi connectivity index (χ1n) is 8.60. The van der Waals surface area contributed by atoms with Crippen LogP contribution in [0.25, 0.3) is 11.4 Å². The smallest absolute Gasteiger partial charge is 0.239 e. The van der Waals surface area contributed by atoms with Gasteiger partial charge in [0.2, 0.25) is 5.91 Å². The molecule has 0 bridgehead atoms. The summed E-state index contributed by atoms with van der Waals surface area (Å²) in [5, 5.41) is 13.0. The Balaban J connectivity index is 1.78. The lowest BCUT2D eigenvalue weighted by atomic mass is 10.2. The lowest BCUT2D eigenvalue weighted by molar-refractivity contribution is -0.115. The summed E-state index contributed by atoms with van der Waals surface area (Å²) >= 11 is 8.79. The molecule has 0 radical (unpaired) electrons. The van der Waals surface area contributed by atoms with Gasteiger partial charge in [-0.3, -0.25) is 9.36 Å². The van der Waals surface area contributed by atoms with E-state index < -0.39 is 0 Å². The number of nitrogens with one attached hydrogen (secondary N) is 1. The van der Waals surface area contributed by atoms with E-state index in [1.54, 1.807) is 6.08 Å². The average molecular weight is 434 g/mol. The fourth-order valence-electron chi connectivity index (χ4n) is 2.43. The molecule has 0 unspecified atom stereocenters. The summed E-state index contributed by atoms with van der Waals surface area (Å²) in [6, 6.07) is 7.41. The Hall–Kier alpha value is -2.16. The minimum Gasteiger partial charge on any atom is -0.301 e. The predicted molar refractivity (Wildman–Crippen MR) is 116 cm³/mol. The first kappa shape index (κ1) is 20.6. The number of carbonyl (C=O) groups is 1. The zero-order valence-electron chi connectivity index (χ0n) is 15.8. The molecule has 2 heterocycles. The molecule has 0 saturated heterocycles. The van der Waals surface area contributed by atoms with Crippen molar-refractivity contribution in [2.24, 2.45) is 0 Å². The molecule has 3 aromatic rings. The van der Waals surface area contributed by atoms with E-state index in [9.17, 15) is 4.79 Å². The molecule has 0 fully saturated rings. The quantitative estimate of drug-likeness (QED) is 0.420. The summed E-state index contributed by atoms with van der Waals surface area (Å²) in [6.07, 6.45) is 1.78. The number of nitrogens with zero attached hydrogens (tertiary/aromatic N) is 4. The standard InChI is InChI=1S/C19H20ClN5OS2/c1-5-10-25-16(14-6-8-15(20)9-7-14)23-24-19(25)28-13(4)17(26)22-18-21-11(2)12(3)27-18/h5-9,13H,1,10H2,2-4H3,(H,21,22,26)/t13-/m0/s1. The highest BCUT2D eigenvalue weighted by Gasteiger charge is 2.21. The van der Waals surface area contributed by atoms with Gasteiger partial charge in [-0.05, 0) is 45.0 Å². The number of allylic oxidation sites excluding steroid dienone is 1. The number of carbonyl (C=O) groups excluding carboxylic acids is 1. The largest absolute Gasteiger partial charge is 0.301 e. The van der Waals surface area contributed by atoms with Crippen molar-refractivity contribution in [1.82, 2.24) is 19.7 Å². The van der Waals surface area contributed by atoms with E-state index in [2.05, 4.69) is 27.1 Å². The Morgan fingerprint density at radius 1 is 1.36 bits per heavy atom. The van der Waals surface area contributed by atoms with Crippen LogP contribution in [0.15, 0.2) is 42.1 Å².